The van der Waals surface area contributed by atoms with E-state index in [1.165, 1.54) is 0 Å². The number of benzene rings is 2. The van der Waals surface area contributed by atoms with Crippen LogP contribution >= 0.6 is 0 Å². The van der Waals surface area contributed by atoms with E-state index in [-0.39, 0.29) is 93.0 Å². The number of aryl methyl sites for hydroxylation is 4. The normalized spacial score (nSPS) is 29.0. The van der Waals surface area contributed by atoms with Crippen LogP contribution in [0.15, 0.2) is 60.7 Å². The number of carbonyl (C=O) groups is 8. The van der Waals surface area contributed by atoms with Gasteiger partial charge in [0.1, 0.15) is 58.6 Å². The van der Waals surface area contributed by atoms with Crippen LogP contribution in [0.4, 0.5) is 0 Å². The average Bonchev–Trinajstić information content (AvgIpc) is 1.60. The number of carbonyl (C=O) groups excluding carboxylic acids is 8. The van der Waals surface area contributed by atoms with Crippen LogP contribution in [0, 0.1) is 34.5 Å². The predicted molar refractivity (Wildman–Crippen MR) is 455 cm³/mol. The standard InChI is InChI=1S/C48H66N4O10S.C46H63N3O9/c1-6-37-42-35(36-27-34(14-15-38(36)49-37)60-25-22-51-20-23-59-24-21-51)16-17-47(62-42)29-39-40(53)30-48(44(56)50-63(57,58)46(5)18-19-46)28-33(48)13-11-9-7-8-10-12-32(43(55)52(39)31-47)26-41(54)61-45(2,3)4;1-6-36-41-34(35-26-33(15-16-37(35)47-36)56-24-21-48-19-22-54-23-20-48)17-18-45(58-41)28-38-39(50)29-46(43(53)55-7-2)27-32(46)14-12-10-8-9-11-13-31(42(52)49(38)30-45)25-40(51)57-44(3,4)5/h11,13-15,27,32-33,39H,6-10,12,16-26,28-31H2,1-5H3,(H,50,56);12,14-16,26,31-32,38H,6-11,13,17-25,27-30H2,1-5H3/b13-11-;14-12-/t32-,33-,39+,47-,48-;31-,32-,38+,45-,46-/m11/s1. The second-order valence-electron chi connectivity index (χ2n) is 38.3. The van der Waals surface area contributed by atoms with Crippen LogP contribution in [-0.2, 0) is 97.7 Å². The van der Waals surface area contributed by atoms with E-state index in [0.717, 1.165) is 172 Å². The molecule has 0 bridgehead atoms. The Labute approximate surface area is 713 Å². The molecule has 11 aliphatic rings. The van der Waals surface area contributed by atoms with Gasteiger partial charge in [-0.1, -0.05) is 63.8 Å². The Bertz CT molecular complexity index is 4710. The molecule has 27 heteroatoms. The van der Waals surface area contributed by atoms with Crippen LogP contribution < -0.4 is 23.7 Å². The van der Waals surface area contributed by atoms with Gasteiger partial charge in [-0.05, 0) is 206 Å². The summed E-state index contributed by atoms with van der Waals surface area (Å²) in [5.41, 5.74) is -0.0127. The number of hydrogen-bond donors (Lipinski definition) is 1. The quantitative estimate of drug-likeness (QED) is 0.0518. The maximum atomic E-state index is 15.0. The first-order valence-corrected chi connectivity index (χ1v) is 46.6. The minimum Gasteiger partial charge on any atom is -0.492 e. The zero-order chi connectivity index (χ0) is 85.9. The summed E-state index contributed by atoms with van der Waals surface area (Å²) in [6, 6.07) is 10.2. The third kappa shape index (κ3) is 20.6. The van der Waals surface area contributed by atoms with Crippen LogP contribution in [0.5, 0.6) is 23.0 Å². The predicted octanol–water partition coefficient (Wildman–Crippen LogP) is 12.6. The summed E-state index contributed by atoms with van der Waals surface area (Å²) in [6.07, 6.45) is 21.2. The summed E-state index contributed by atoms with van der Waals surface area (Å²) in [5.74, 6) is -1.80. The maximum Gasteiger partial charge on any atom is 0.313 e. The first kappa shape index (κ1) is 89.2. The van der Waals surface area contributed by atoms with Gasteiger partial charge in [-0.3, -0.25) is 52.9 Å². The van der Waals surface area contributed by atoms with E-state index in [9.17, 15) is 42.0 Å². The molecule has 0 unspecified atom stereocenters. The highest BCUT2D eigenvalue weighted by Crippen LogP contribution is 2.60. The fourth-order valence-corrected chi connectivity index (χ4v) is 20.9. The monoisotopic (exact) mass is 1690 g/mol. The number of morpholine rings is 2. The molecule has 10 heterocycles. The van der Waals surface area contributed by atoms with Gasteiger partial charge in [-0.15, -0.1) is 0 Å². The Kier molecular flexibility index (Phi) is 27.3. The Hall–Kier alpha value is -8.11. The molecule has 3 saturated carbocycles. The van der Waals surface area contributed by atoms with Gasteiger partial charge in [-0.25, -0.2) is 18.4 Å². The molecule has 10 atom stereocenters. The molecule has 8 aliphatic heterocycles. The van der Waals surface area contributed by atoms with Crippen molar-refractivity contribution in [3.63, 3.8) is 0 Å². The number of sulfonamides is 1. The van der Waals surface area contributed by atoms with Crippen LogP contribution in [0.1, 0.15) is 233 Å². The first-order valence-electron chi connectivity index (χ1n) is 45.1. The lowest BCUT2D eigenvalue weighted by atomic mass is 9.85. The van der Waals surface area contributed by atoms with E-state index in [1.807, 2.05) is 70.2 Å². The molecule has 3 amide bonds. The number of allylic oxidation sites excluding steroid dienone is 4. The van der Waals surface area contributed by atoms with E-state index >= 15 is 4.79 Å². The highest BCUT2D eigenvalue weighted by atomic mass is 32.2. The SMILES string of the molecule is CCOC(=O)[C@]12CC(=O)[C@@H]3C[C@]4(CCc5c(c(CC)nc6ccc(OCCN7CCOCC7)cc56)O4)CN3C(=O)[C@@H](CC(=O)OC(C)(C)C)CCCCC/C=C\[C@@H]1C2.CCc1nc2ccc(OCCN3CCOCC3)cc2c2c1O[C@]1(CC2)C[C@H]2C(=O)C[C@]3(C(=O)NS(=O)(=O)C4(C)CC4)C[C@H]3/C=C\CCCCC[C@H](CC(=O)OC(C)(C)C)C(=O)N2C1. The summed E-state index contributed by atoms with van der Waals surface area (Å²) in [6.45, 7) is 28.2. The number of ketones is 2. The molecular formula is C94H129N7O19S. The van der Waals surface area contributed by atoms with E-state index < -0.39 is 89.8 Å². The van der Waals surface area contributed by atoms with E-state index in [1.54, 1.807) is 44.4 Å². The number of rotatable bonds is 19. The van der Waals surface area contributed by atoms with E-state index in [2.05, 4.69) is 39.7 Å². The number of nitrogens with zero attached hydrogens (tertiary/aromatic N) is 6. The van der Waals surface area contributed by atoms with Crippen molar-refractivity contribution in [2.75, 3.05) is 98.6 Å². The summed E-state index contributed by atoms with van der Waals surface area (Å²) in [7, 11) is -3.96. The number of nitrogens with one attached hydrogen (secondary N) is 1. The molecule has 15 rings (SSSR count). The summed E-state index contributed by atoms with van der Waals surface area (Å²) in [4.78, 5) is 132. The molecule has 26 nitrogen and oxygen atoms in total. The van der Waals surface area contributed by atoms with Gasteiger partial charge in [0.05, 0.1) is 109 Å². The lowest BCUT2D eigenvalue weighted by Gasteiger charge is -2.37. The second-order valence-corrected chi connectivity index (χ2v) is 40.5. The minimum absolute atomic E-state index is 0.0145. The summed E-state index contributed by atoms with van der Waals surface area (Å²) < 4.78 is 82.8. The Morgan fingerprint density at radius 2 is 1.01 bits per heavy atom. The van der Waals surface area contributed by atoms with Crippen molar-refractivity contribution in [1.82, 2.24) is 34.3 Å². The van der Waals surface area contributed by atoms with Crippen LogP contribution in [0.3, 0.4) is 0 Å². The number of esters is 3. The minimum atomic E-state index is -3.96. The molecule has 2 aromatic carbocycles. The molecule has 660 valence electrons. The topological polar surface area (TPSA) is 305 Å². The molecule has 2 aromatic heterocycles. The van der Waals surface area contributed by atoms with Crippen LogP contribution in [-0.4, -0.2) is 223 Å². The number of fused-ring (bicyclic) bond motifs is 10. The number of ether oxygens (including phenoxy) is 9. The number of pyridine rings is 2. The van der Waals surface area contributed by atoms with Crippen molar-refractivity contribution < 1.29 is 89.4 Å². The third-order valence-corrected chi connectivity index (χ3v) is 29.1. The molecule has 4 saturated heterocycles. The molecule has 7 fully saturated rings. The third-order valence-electron chi connectivity index (χ3n) is 27.0. The van der Waals surface area contributed by atoms with Gasteiger partial charge in [0.25, 0.3) is 0 Å². The van der Waals surface area contributed by atoms with Crippen molar-refractivity contribution in [3.8, 4) is 23.0 Å². The van der Waals surface area contributed by atoms with Crippen LogP contribution in [0.25, 0.3) is 21.8 Å². The fraction of sp³-hybridized carbons (Fsp3) is 0.681. The van der Waals surface area contributed by atoms with Gasteiger partial charge in [0, 0.05) is 98.7 Å². The number of amides is 3. The Morgan fingerprint density at radius 3 is 1.44 bits per heavy atom. The average molecular weight is 1690 g/mol. The largest absolute Gasteiger partial charge is 0.492 e. The van der Waals surface area contributed by atoms with Gasteiger partial charge in [0.2, 0.25) is 27.7 Å². The smallest absolute Gasteiger partial charge is 0.313 e. The van der Waals surface area contributed by atoms with E-state index in [0.29, 0.717) is 109 Å². The van der Waals surface area contributed by atoms with Crippen LogP contribution in [0.2, 0.25) is 0 Å². The van der Waals surface area contributed by atoms with Crippen molar-refractivity contribution >= 4 is 79.0 Å². The maximum absolute atomic E-state index is 15.0. The first-order chi connectivity index (χ1) is 57.8. The van der Waals surface area contributed by atoms with Crippen molar-refractivity contribution in [1.29, 1.82) is 0 Å². The van der Waals surface area contributed by atoms with Gasteiger partial charge < -0.3 is 52.4 Å². The number of hydrogen-bond acceptors (Lipinski definition) is 23. The van der Waals surface area contributed by atoms with Gasteiger partial charge in [-0.2, -0.15) is 0 Å². The molecule has 4 aromatic rings. The fourth-order valence-electron chi connectivity index (χ4n) is 19.6. The Balaban J connectivity index is 0.000000199. The number of aromatic nitrogens is 2. The van der Waals surface area contributed by atoms with Crippen molar-refractivity contribution in [3.05, 3.63) is 83.2 Å². The highest BCUT2D eigenvalue weighted by Gasteiger charge is 2.65. The summed E-state index contributed by atoms with van der Waals surface area (Å²) >= 11 is 0. The van der Waals surface area contributed by atoms with Crippen molar-refractivity contribution in [2.24, 2.45) is 34.5 Å². The molecule has 0 radical (unpaired) electrons. The zero-order valence-corrected chi connectivity index (χ0v) is 73.9. The van der Waals surface area contributed by atoms with E-state index in [4.69, 9.17) is 52.6 Å². The van der Waals surface area contributed by atoms with Gasteiger partial charge in [0.15, 0.2) is 11.6 Å². The molecular weight excluding hydrogens is 1560 g/mol. The second kappa shape index (κ2) is 37.0. The number of Topliss-reactive ketones (excluding diaryl/α,β-unsaturated/α-hetero) is 2. The van der Waals surface area contributed by atoms with Crippen molar-refractivity contribution in [2.45, 2.75) is 275 Å². The molecule has 2 spiro atoms. The lowest BCUT2D eigenvalue weighted by Crippen LogP contribution is -2.48. The summed E-state index contributed by atoms with van der Waals surface area (Å²) in [5, 5.41) is 1.92. The Morgan fingerprint density at radius 1 is 0.570 bits per heavy atom. The zero-order valence-electron chi connectivity index (χ0n) is 73.1. The lowest BCUT2D eigenvalue weighted by molar-refractivity contribution is -0.159. The molecule has 121 heavy (non-hydrogen) atoms. The molecule has 1 N–H and O–H groups in total. The molecule has 3 aliphatic carbocycles. The highest BCUT2D eigenvalue weighted by molar-refractivity contribution is 7.91. The van der Waals surface area contributed by atoms with Gasteiger partial charge >= 0.3 is 17.9 Å².